The topological polar surface area (TPSA) is 67.6 Å². The molecule has 8 heteroatoms. The van der Waals surface area contributed by atoms with Gasteiger partial charge in [-0.3, -0.25) is 0 Å². The predicted octanol–water partition coefficient (Wildman–Crippen LogP) is 2.17. The monoisotopic (exact) mass is 250 g/mol. The van der Waals surface area contributed by atoms with Crippen molar-refractivity contribution in [1.82, 2.24) is 15.0 Å². The fourth-order valence-electron chi connectivity index (χ4n) is 1.37. The second-order valence-corrected chi connectivity index (χ2v) is 3.51. The maximum absolute atomic E-state index is 12.4. The molecule has 0 saturated heterocycles. The minimum atomic E-state index is -4.53. The molecule has 1 atom stereocenters. The highest BCUT2D eigenvalue weighted by molar-refractivity contribution is 6.34. The molecule has 0 bridgehead atoms. The van der Waals surface area contributed by atoms with Gasteiger partial charge in [0.2, 0.25) is 0 Å². The van der Waals surface area contributed by atoms with Crippen molar-refractivity contribution in [2.75, 3.05) is 0 Å². The van der Waals surface area contributed by atoms with Gasteiger partial charge in [-0.25, -0.2) is 9.97 Å². The van der Waals surface area contributed by atoms with Gasteiger partial charge in [0.05, 0.1) is 5.39 Å². The van der Waals surface area contributed by atoms with Crippen molar-refractivity contribution in [3.8, 4) is 0 Å². The van der Waals surface area contributed by atoms with E-state index in [0.717, 1.165) is 12.5 Å². The highest BCUT2D eigenvalue weighted by Gasteiger charge is 2.39. The average Bonchev–Trinajstić information content (AvgIpc) is 2.60. The first-order valence-corrected chi connectivity index (χ1v) is 4.59. The van der Waals surface area contributed by atoms with Crippen LogP contribution in [0.4, 0.5) is 13.2 Å². The number of hydrogen-bond donors (Lipinski definition) is 2. The zero-order valence-electron chi connectivity index (χ0n) is 7.72. The van der Waals surface area contributed by atoms with Gasteiger partial charge in [0.1, 0.15) is 23.2 Å². The molecule has 0 amide bonds. The van der Waals surface area contributed by atoms with Gasteiger partial charge in [-0.1, -0.05) is 11.6 Å². The molecule has 0 saturated carbocycles. The van der Waals surface area contributed by atoms with E-state index < -0.39 is 12.2 Å². The van der Waals surface area contributed by atoms with Gasteiger partial charge in [0, 0.05) is 11.8 Å². The van der Waals surface area contributed by atoms with Crippen LogP contribution in [0, 0.1) is 0 Å². The zero-order valence-corrected chi connectivity index (χ0v) is 8.47. The molecule has 0 fully saturated rings. The largest absolute Gasteiger partial charge is 0.407 e. The highest BCUT2D eigenvalue weighted by atomic mass is 35.5. The van der Waals surface area contributed by atoms with Crippen LogP contribution in [0.5, 0.6) is 0 Å². The summed E-state index contributed by atoms with van der Waals surface area (Å²) >= 11 is 5.70. The van der Waals surface area contributed by atoms with Crippen molar-refractivity contribution in [3.05, 3.63) is 23.2 Å². The average molecular weight is 251 g/mol. The van der Waals surface area contributed by atoms with E-state index in [4.69, 9.17) is 17.3 Å². The Balaban J connectivity index is 2.62. The fraction of sp³-hybridized carbons (Fsp3) is 0.250. The number of fused-ring (bicyclic) bond motifs is 1. The quantitative estimate of drug-likeness (QED) is 0.762. The summed E-state index contributed by atoms with van der Waals surface area (Å²) in [6.45, 7) is 0. The van der Waals surface area contributed by atoms with Crippen LogP contribution in [0.1, 0.15) is 11.6 Å². The van der Waals surface area contributed by atoms with Crippen LogP contribution >= 0.6 is 11.6 Å². The number of nitrogens with zero attached hydrogens (tertiary/aromatic N) is 2. The molecule has 0 aromatic carbocycles. The first-order chi connectivity index (χ1) is 7.41. The van der Waals surface area contributed by atoms with E-state index in [1.54, 1.807) is 0 Å². The van der Waals surface area contributed by atoms with Crippen molar-refractivity contribution < 1.29 is 13.2 Å². The molecule has 0 aliphatic carbocycles. The van der Waals surface area contributed by atoms with Crippen molar-refractivity contribution in [2.24, 2.45) is 5.73 Å². The van der Waals surface area contributed by atoms with Crippen LogP contribution in [-0.2, 0) is 0 Å². The van der Waals surface area contributed by atoms with Gasteiger partial charge in [-0.2, -0.15) is 13.2 Å². The molecule has 86 valence electrons. The van der Waals surface area contributed by atoms with Crippen LogP contribution < -0.4 is 5.73 Å². The highest BCUT2D eigenvalue weighted by Crippen LogP contribution is 2.35. The lowest BCUT2D eigenvalue weighted by molar-refractivity contribution is -0.148. The van der Waals surface area contributed by atoms with Gasteiger partial charge in [-0.05, 0) is 0 Å². The Bertz CT molecular complexity index is 521. The summed E-state index contributed by atoms with van der Waals surface area (Å²) in [7, 11) is 0. The van der Waals surface area contributed by atoms with E-state index in [1.165, 1.54) is 0 Å². The maximum atomic E-state index is 12.4. The third-order valence-corrected chi connectivity index (χ3v) is 2.43. The molecule has 0 aliphatic heterocycles. The van der Waals surface area contributed by atoms with E-state index in [1.807, 2.05) is 0 Å². The van der Waals surface area contributed by atoms with Crippen LogP contribution in [0.3, 0.4) is 0 Å². The predicted molar refractivity (Wildman–Crippen MR) is 51.9 cm³/mol. The standard InChI is InChI=1S/C8H6ClF3N4/c9-6-4-3(5(13)8(10,11)12)1-14-7(4)16-2-15-6/h1-2,5H,13H2,(H,14,15,16). The molecule has 0 aliphatic rings. The van der Waals surface area contributed by atoms with Gasteiger partial charge >= 0.3 is 6.18 Å². The number of aromatic amines is 1. The number of halogens is 4. The van der Waals surface area contributed by atoms with E-state index in [-0.39, 0.29) is 21.7 Å². The number of nitrogens with one attached hydrogen (secondary N) is 1. The SMILES string of the molecule is NC(c1c[nH]c2ncnc(Cl)c12)C(F)(F)F. The molecule has 2 rings (SSSR count). The van der Waals surface area contributed by atoms with Crippen molar-refractivity contribution in [2.45, 2.75) is 12.2 Å². The van der Waals surface area contributed by atoms with E-state index in [2.05, 4.69) is 15.0 Å². The Hall–Kier alpha value is -1.34. The normalized spacial score (nSPS) is 14.3. The van der Waals surface area contributed by atoms with Gasteiger partial charge in [0.25, 0.3) is 0 Å². The summed E-state index contributed by atoms with van der Waals surface area (Å²) < 4.78 is 37.3. The molecule has 2 heterocycles. The number of alkyl halides is 3. The third kappa shape index (κ3) is 1.72. The number of rotatable bonds is 1. The second-order valence-electron chi connectivity index (χ2n) is 3.15. The molecule has 0 spiro atoms. The van der Waals surface area contributed by atoms with Gasteiger partial charge in [-0.15, -0.1) is 0 Å². The summed E-state index contributed by atoms with van der Waals surface area (Å²) in [4.78, 5) is 9.94. The lowest BCUT2D eigenvalue weighted by Gasteiger charge is -2.14. The molecule has 1 unspecified atom stereocenters. The Morgan fingerprint density at radius 1 is 1.38 bits per heavy atom. The first kappa shape index (κ1) is 11.2. The minimum Gasteiger partial charge on any atom is -0.346 e. The number of aromatic nitrogens is 3. The van der Waals surface area contributed by atoms with Crippen LogP contribution in [-0.4, -0.2) is 21.1 Å². The van der Waals surface area contributed by atoms with E-state index in [9.17, 15) is 13.2 Å². The summed E-state index contributed by atoms with van der Waals surface area (Å²) in [6.07, 6.45) is -2.23. The van der Waals surface area contributed by atoms with Crippen LogP contribution in [0.25, 0.3) is 11.0 Å². The Labute approximate surface area is 92.6 Å². The number of nitrogens with two attached hydrogens (primary N) is 1. The summed E-state index contributed by atoms with van der Waals surface area (Å²) in [5, 5.41) is 0.0509. The molecule has 0 radical (unpaired) electrons. The molecular weight excluding hydrogens is 245 g/mol. The Morgan fingerprint density at radius 3 is 2.69 bits per heavy atom. The zero-order chi connectivity index (χ0) is 11.9. The van der Waals surface area contributed by atoms with E-state index >= 15 is 0 Å². The Morgan fingerprint density at radius 2 is 2.06 bits per heavy atom. The summed E-state index contributed by atoms with van der Waals surface area (Å²) in [6, 6.07) is -2.11. The van der Waals surface area contributed by atoms with Crippen LogP contribution in [0.2, 0.25) is 5.15 Å². The number of hydrogen-bond acceptors (Lipinski definition) is 3. The molecule has 2 aromatic rings. The lowest BCUT2D eigenvalue weighted by Crippen LogP contribution is -2.28. The minimum absolute atomic E-state index is 0.0547. The maximum Gasteiger partial charge on any atom is 0.407 e. The van der Waals surface area contributed by atoms with Crippen LogP contribution in [0.15, 0.2) is 12.5 Å². The van der Waals surface area contributed by atoms with Crippen molar-refractivity contribution in [3.63, 3.8) is 0 Å². The summed E-state index contributed by atoms with van der Waals surface area (Å²) in [5.41, 5.74) is 5.16. The summed E-state index contributed by atoms with van der Waals surface area (Å²) in [5.74, 6) is 0. The Kier molecular flexibility index (Phi) is 2.51. The van der Waals surface area contributed by atoms with Crippen molar-refractivity contribution >= 4 is 22.6 Å². The molecular formula is C8H6ClF3N4. The smallest absolute Gasteiger partial charge is 0.346 e. The molecule has 16 heavy (non-hydrogen) atoms. The van der Waals surface area contributed by atoms with Gasteiger partial charge in [0.15, 0.2) is 0 Å². The second kappa shape index (κ2) is 3.60. The molecule has 4 nitrogen and oxygen atoms in total. The molecule has 2 aromatic heterocycles. The van der Waals surface area contributed by atoms with Crippen molar-refractivity contribution in [1.29, 1.82) is 0 Å². The lowest BCUT2D eigenvalue weighted by atomic mass is 10.1. The van der Waals surface area contributed by atoms with Gasteiger partial charge < -0.3 is 10.7 Å². The fourth-order valence-corrected chi connectivity index (χ4v) is 1.61. The number of H-pyrrole nitrogens is 1. The first-order valence-electron chi connectivity index (χ1n) is 4.21. The van der Waals surface area contributed by atoms with E-state index in [0.29, 0.717) is 0 Å². The molecule has 3 N–H and O–H groups in total. The third-order valence-electron chi connectivity index (χ3n) is 2.14.